The van der Waals surface area contributed by atoms with Crippen molar-refractivity contribution in [2.45, 2.75) is 32.6 Å². The van der Waals surface area contributed by atoms with E-state index >= 15 is 0 Å². The van der Waals surface area contributed by atoms with Crippen molar-refractivity contribution in [1.82, 2.24) is 4.90 Å². The first-order chi connectivity index (χ1) is 6.61. The molecule has 1 heterocycles. The van der Waals surface area contributed by atoms with Crippen molar-refractivity contribution in [3.63, 3.8) is 0 Å². The van der Waals surface area contributed by atoms with Gasteiger partial charge < -0.3 is 10.0 Å². The van der Waals surface area contributed by atoms with Gasteiger partial charge in [-0.3, -0.25) is 9.59 Å². The molecular weight excluding hydrogens is 182 g/mol. The molecule has 1 saturated heterocycles. The fourth-order valence-electron chi connectivity index (χ4n) is 1.78. The van der Waals surface area contributed by atoms with Crippen LogP contribution in [0.25, 0.3) is 0 Å². The largest absolute Gasteiger partial charge is 0.481 e. The first kappa shape index (κ1) is 11.0. The van der Waals surface area contributed by atoms with E-state index in [0.29, 0.717) is 0 Å². The molecule has 1 amide bonds. The lowest BCUT2D eigenvalue weighted by Gasteiger charge is -2.28. The van der Waals surface area contributed by atoms with Crippen LogP contribution in [-0.4, -0.2) is 35.0 Å². The average Bonchev–Trinajstić information content (AvgIpc) is 2.17. The Morgan fingerprint density at radius 2 is 1.86 bits per heavy atom. The highest BCUT2D eigenvalue weighted by Crippen LogP contribution is 2.14. The van der Waals surface area contributed by atoms with E-state index in [4.69, 9.17) is 5.11 Å². The summed E-state index contributed by atoms with van der Waals surface area (Å²) in [7, 11) is 0. The van der Waals surface area contributed by atoms with Crippen molar-refractivity contribution < 1.29 is 14.7 Å². The highest BCUT2D eigenvalue weighted by Gasteiger charge is 2.23. The third-order valence-corrected chi connectivity index (χ3v) is 2.57. The average molecular weight is 199 g/mol. The van der Waals surface area contributed by atoms with Gasteiger partial charge in [0.15, 0.2) is 0 Å². The number of hydrogen-bond acceptors (Lipinski definition) is 2. The molecule has 14 heavy (non-hydrogen) atoms. The molecule has 0 aliphatic carbocycles. The van der Waals surface area contributed by atoms with Crippen molar-refractivity contribution >= 4 is 11.9 Å². The van der Waals surface area contributed by atoms with E-state index in [2.05, 4.69) is 0 Å². The van der Waals surface area contributed by atoms with Gasteiger partial charge in [0.25, 0.3) is 0 Å². The third-order valence-electron chi connectivity index (χ3n) is 2.57. The van der Waals surface area contributed by atoms with Crippen LogP contribution in [0.15, 0.2) is 0 Å². The lowest BCUT2D eigenvalue weighted by molar-refractivity contribution is -0.144. The van der Waals surface area contributed by atoms with Crippen LogP contribution in [0, 0.1) is 5.92 Å². The number of carboxylic acid groups (broad SMARTS) is 1. The van der Waals surface area contributed by atoms with E-state index in [1.54, 1.807) is 11.8 Å². The monoisotopic (exact) mass is 199 g/mol. The summed E-state index contributed by atoms with van der Waals surface area (Å²) in [6.07, 6.45) is 3.21. The molecule has 4 nitrogen and oxygen atoms in total. The summed E-state index contributed by atoms with van der Waals surface area (Å²) < 4.78 is 0. The summed E-state index contributed by atoms with van der Waals surface area (Å²) >= 11 is 0. The number of rotatable bonds is 3. The van der Waals surface area contributed by atoms with E-state index in [9.17, 15) is 9.59 Å². The number of carbonyl (C=O) groups excluding carboxylic acids is 1. The van der Waals surface area contributed by atoms with Crippen molar-refractivity contribution in [2.24, 2.45) is 5.92 Å². The van der Waals surface area contributed by atoms with E-state index in [1.165, 1.54) is 6.42 Å². The molecule has 0 bridgehead atoms. The Hall–Kier alpha value is -1.06. The summed E-state index contributed by atoms with van der Waals surface area (Å²) in [6, 6.07) is 0. The van der Waals surface area contributed by atoms with E-state index < -0.39 is 5.97 Å². The number of aliphatic carboxylic acids is 1. The molecule has 0 aromatic carbocycles. The van der Waals surface area contributed by atoms with Gasteiger partial charge in [-0.1, -0.05) is 6.92 Å². The predicted octanol–water partition coefficient (Wildman–Crippen LogP) is 1.11. The lowest BCUT2D eigenvalue weighted by atomic mass is 10.0. The molecule has 1 rings (SSSR count). The number of carbonyl (C=O) groups is 2. The topological polar surface area (TPSA) is 57.6 Å². The molecule has 1 N–H and O–H groups in total. The van der Waals surface area contributed by atoms with Crippen LogP contribution in [0.1, 0.15) is 32.6 Å². The quantitative estimate of drug-likeness (QED) is 0.740. The minimum Gasteiger partial charge on any atom is -0.481 e. The Labute approximate surface area is 83.9 Å². The van der Waals surface area contributed by atoms with Gasteiger partial charge in [-0.2, -0.15) is 0 Å². The second-order valence-corrected chi connectivity index (χ2v) is 3.88. The first-order valence-electron chi connectivity index (χ1n) is 5.12. The number of amides is 1. The molecule has 1 fully saturated rings. The minimum atomic E-state index is -0.900. The first-order valence-corrected chi connectivity index (χ1v) is 5.12. The summed E-state index contributed by atoms with van der Waals surface area (Å²) in [5.41, 5.74) is 0. The Morgan fingerprint density at radius 3 is 2.36 bits per heavy atom. The van der Waals surface area contributed by atoms with Crippen molar-refractivity contribution in [3.8, 4) is 0 Å². The molecule has 1 aliphatic rings. The molecule has 1 unspecified atom stereocenters. The van der Waals surface area contributed by atoms with Crippen LogP contribution in [0.4, 0.5) is 0 Å². The number of likely N-dealkylation sites (tertiary alicyclic amines) is 1. The number of hydrogen-bond donors (Lipinski definition) is 1. The van der Waals surface area contributed by atoms with Crippen molar-refractivity contribution in [3.05, 3.63) is 0 Å². The van der Waals surface area contributed by atoms with Gasteiger partial charge >= 0.3 is 5.97 Å². The highest BCUT2D eigenvalue weighted by molar-refractivity contribution is 5.82. The van der Waals surface area contributed by atoms with Crippen LogP contribution in [0.5, 0.6) is 0 Å². The van der Waals surface area contributed by atoms with Crippen molar-refractivity contribution in [2.75, 3.05) is 13.1 Å². The van der Waals surface area contributed by atoms with Gasteiger partial charge in [-0.15, -0.1) is 0 Å². The summed E-state index contributed by atoms with van der Waals surface area (Å²) in [6.45, 7) is 3.27. The Bertz CT molecular complexity index is 221. The predicted molar refractivity (Wildman–Crippen MR) is 51.8 cm³/mol. The summed E-state index contributed by atoms with van der Waals surface area (Å²) in [4.78, 5) is 23.9. The molecule has 0 aromatic heterocycles. The SMILES string of the molecule is CC(CC(=O)O)C(=O)N1CCCCC1. The van der Waals surface area contributed by atoms with Crippen LogP contribution in [0.3, 0.4) is 0 Å². The third kappa shape index (κ3) is 3.01. The molecule has 1 atom stereocenters. The lowest BCUT2D eigenvalue weighted by Crippen LogP contribution is -2.39. The number of piperidine rings is 1. The molecule has 1 aliphatic heterocycles. The van der Waals surface area contributed by atoms with E-state index in [-0.39, 0.29) is 18.2 Å². The Morgan fingerprint density at radius 1 is 1.29 bits per heavy atom. The maximum Gasteiger partial charge on any atom is 0.304 e. The van der Waals surface area contributed by atoms with Gasteiger partial charge in [0.1, 0.15) is 0 Å². The number of nitrogens with zero attached hydrogens (tertiary/aromatic N) is 1. The molecule has 80 valence electrons. The van der Waals surface area contributed by atoms with Crippen LogP contribution in [0.2, 0.25) is 0 Å². The highest BCUT2D eigenvalue weighted by atomic mass is 16.4. The van der Waals surface area contributed by atoms with Crippen LogP contribution < -0.4 is 0 Å². The van der Waals surface area contributed by atoms with E-state index in [0.717, 1.165) is 25.9 Å². The molecule has 0 radical (unpaired) electrons. The van der Waals surface area contributed by atoms with Gasteiger partial charge in [-0.05, 0) is 19.3 Å². The second kappa shape index (κ2) is 4.98. The molecule has 4 heteroatoms. The van der Waals surface area contributed by atoms with Crippen LogP contribution >= 0.6 is 0 Å². The zero-order valence-electron chi connectivity index (χ0n) is 8.53. The number of carboxylic acids is 1. The van der Waals surface area contributed by atoms with Crippen LogP contribution in [-0.2, 0) is 9.59 Å². The minimum absolute atomic E-state index is 0.00731. The zero-order valence-corrected chi connectivity index (χ0v) is 8.53. The maximum absolute atomic E-state index is 11.7. The summed E-state index contributed by atoms with van der Waals surface area (Å²) in [5, 5.41) is 8.56. The standard InChI is InChI=1S/C10H17NO3/c1-8(7-9(12)13)10(14)11-5-3-2-4-6-11/h8H,2-7H2,1H3,(H,12,13). The van der Waals surface area contributed by atoms with Crippen molar-refractivity contribution in [1.29, 1.82) is 0 Å². The molecule has 0 aromatic rings. The molecule has 0 spiro atoms. The molecular formula is C10H17NO3. The molecule has 0 saturated carbocycles. The van der Waals surface area contributed by atoms with Gasteiger partial charge in [-0.25, -0.2) is 0 Å². The fourth-order valence-corrected chi connectivity index (χ4v) is 1.78. The Balaban J connectivity index is 2.42. The van der Waals surface area contributed by atoms with Gasteiger partial charge in [0.2, 0.25) is 5.91 Å². The Kier molecular flexibility index (Phi) is 3.92. The smallest absolute Gasteiger partial charge is 0.304 e. The normalized spacial score (nSPS) is 19.1. The zero-order chi connectivity index (χ0) is 10.6. The van der Waals surface area contributed by atoms with Gasteiger partial charge in [0, 0.05) is 19.0 Å². The van der Waals surface area contributed by atoms with Gasteiger partial charge in [0.05, 0.1) is 6.42 Å². The second-order valence-electron chi connectivity index (χ2n) is 3.88. The fraction of sp³-hybridized carbons (Fsp3) is 0.800. The summed E-state index contributed by atoms with van der Waals surface area (Å²) in [5.74, 6) is -1.29. The maximum atomic E-state index is 11.7. The van der Waals surface area contributed by atoms with E-state index in [1.807, 2.05) is 0 Å².